The highest BCUT2D eigenvalue weighted by atomic mass is 16.6. The van der Waals surface area contributed by atoms with Gasteiger partial charge in [-0.3, -0.25) is 4.90 Å². The van der Waals surface area contributed by atoms with Gasteiger partial charge >= 0.3 is 6.09 Å². The van der Waals surface area contributed by atoms with E-state index >= 15 is 0 Å². The summed E-state index contributed by atoms with van der Waals surface area (Å²) in [7, 11) is 0. The molecule has 156 valence electrons. The maximum atomic E-state index is 12.5. The van der Waals surface area contributed by atoms with Gasteiger partial charge in [0.2, 0.25) is 0 Å². The van der Waals surface area contributed by atoms with Crippen molar-refractivity contribution in [2.24, 2.45) is 5.41 Å². The van der Waals surface area contributed by atoms with E-state index in [2.05, 4.69) is 46.4 Å². The Kier molecular flexibility index (Phi) is 4.99. The number of hydrogen-bond donors (Lipinski definition) is 2. The quantitative estimate of drug-likeness (QED) is 0.641. The Labute approximate surface area is 177 Å². The second kappa shape index (κ2) is 7.80. The highest BCUT2D eigenvalue weighted by Gasteiger charge is 2.47. The van der Waals surface area contributed by atoms with Crippen molar-refractivity contribution < 1.29 is 9.53 Å². The van der Waals surface area contributed by atoms with E-state index in [0.717, 1.165) is 38.8 Å². The molecule has 0 saturated carbocycles. The molecular weight excluding hydrogens is 374 g/mol. The third-order valence-corrected chi connectivity index (χ3v) is 7.08. The average molecular weight is 404 g/mol. The number of nitrogens with zero attached hydrogens (tertiary/aromatic N) is 1. The Morgan fingerprint density at radius 1 is 1.17 bits per heavy atom. The van der Waals surface area contributed by atoms with Gasteiger partial charge in [0.1, 0.15) is 5.75 Å². The second-order valence-electron chi connectivity index (χ2n) is 8.63. The van der Waals surface area contributed by atoms with E-state index in [1.807, 2.05) is 18.2 Å². The number of H-pyrrole nitrogens is 1. The summed E-state index contributed by atoms with van der Waals surface area (Å²) in [5, 5.41) is 4.43. The molecule has 0 aliphatic carbocycles. The standard InChI is InChI=1S/C25H29N3O2/c1-2-25(17-26-24(29)30-18-9-4-3-5-10-18)14-8-15-28-16-13-20-19-11-6-7-12-21(19)27-22(20)23(25)28/h3-7,9-12,23,27H,2,8,13-17H2,1H3,(H,26,29). The molecule has 5 nitrogen and oxygen atoms in total. The molecule has 3 aromatic rings. The summed E-state index contributed by atoms with van der Waals surface area (Å²) in [6, 6.07) is 18.2. The molecule has 5 rings (SSSR count). The predicted octanol–water partition coefficient (Wildman–Crippen LogP) is 5.05. The van der Waals surface area contributed by atoms with Gasteiger partial charge in [0.25, 0.3) is 0 Å². The summed E-state index contributed by atoms with van der Waals surface area (Å²) >= 11 is 0. The molecule has 2 aromatic carbocycles. The summed E-state index contributed by atoms with van der Waals surface area (Å²) in [5.41, 5.74) is 4.02. The average Bonchev–Trinajstić information content (AvgIpc) is 3.17. The Balaban J connectivity index is 1.42. The van der Waals surface area contributed by atoms with Crippen LogP contribution < -0.4 is 10.1 Å². The molecule has 5 heteroatoms. The van der Waals surface area contributed by atoms with Gasteiger partial charge in [-0.2, -0.15) is 0 Å². The van der Waals surface area contributed by atoms with E-state index in [0.29, 0.717) is 18.3 Å². The monoisotopic (exact) mass is 403 g/mol. The minimum Gasteiger partial charge on any atom is -0.410 e. The molecule has 1 fully saturated rings. The number of amides is 1. The first-order valence-corrected chi connectivity index (χ1v) is 11.0. The number of nitrogens with one attached hydrogen (secondary N) is 2. The third kappa shape index (κ3) is 3.27. The Morgan fingerprint density at radius 2 is 1.97 bits per heavy atom. The van der Waals surface area contributed by atoms with Crippen LogP contribution in [0.5, 0.6) is 5.75 Å². The van der Waals surface area contributed by atoms with E-state index in [1.165, 1.54) is 22.2 Å². The van der Waals surface area contributed by atoms with Gasteiger partial charge in [0.05, 0.1) is 6.04 Å². The number of piperidine rings is 1. The highest BCUT2D eigenvalue weighted by molar-refractivity contribution is 5.85. The molecular formula is C25H29N3O2. The lowest BCUT2D eigenvalue weighted by molar-refractivity contribution is 0.0000815. The SMILES string of the molecule is CCC1(CNC(=O)Oc2ccccc2)CCCN2CCc3c([nH]c4ccccc34)C21. The lowest BCUT2D eigenvalue weighted by Gasteiger charge is -2.52. The molecule has 30 heavy (non-hydrogen) atoms. The fourth-order valence-corrected chi connectivity index (χ4v) is 5.56. The Bertz CT molecular complexity index is 1040. The zero-order chi connectivity index (χ0) is 20.6. The van der Waals surface area contributed by atoms with Crippen LogP contribution in [0.15, 0.2) is 54.6 Å². The number of fused-ring (bicyclic) bond motifs is 5. The summed E-state index contributed by atoms with van der Waals surface area (Å²) in [6.45, 7) is 5.07. The predicted molar refractivity (Wildman–Crippen MR) is 119 cm³/mol. The highest BCUT2D eigenvalue weighted by Crippen LogP contribution is 2.51. The summed E-state index contributed by atoms with van der Waals surface area (Å²) < 4.78 is 5.48. The molecule has 2 aliphatic rings. The Morgan fingerprint density at radius 3 is 2.80 bits per heavy atom. The third-order valence-electron chi connectivity index (χ3n) is 7.08. The molecule has 2 aliphatic heterocycles. The van der Waals surface area contributed by atoms with Crippen molar-refractivity contribution >= 4 is 17.0 Å². The van der Waals surface area contributed by atoms with Crippen molar-refractivity contribution in [1.29, 1.82) is 0 Å². The first kappa shape index (κ1) is 19.2. The summed E-state index contributed by atoms with van der Waals surface area (Å²) in [5.74, 6) is 0.571. The maximum Gasteiger partial charge on any atom is 0.412 e. The fourth-order valence-electron chi connectivity index (χ4n) is 5.56. The van der Waals surface area contributed by atoms with Gasteiger partial charge in [0.15, 0.2) is 0 Å². The number of aromatic nitrogens is 1. The van der Waals surface area contributed by atoms with Crippen LogP contribution >= 0.6 is 0 Å². The molecule has 1 amide bonds. The Hall–Kier alpha value is -2.79. The van der Waals surface area contributed by atoms with Crippen LogP contribution in [0, 0.1) is 5.41 Å². The largest absolute Gasteiger partial charge is 0.412 e. The van der Waals surface area contributed by atoms with E-state index in [9.17, 15) is 4.79 Å². The molecule has 1 aromatic heterocycles. The zero-order valence-electron chi connectivity index (χ0n) is 17.5. The summed E-state index contributed by atoms with van der Waals surface area (Å²) in [4.78, 5) is 18.9. The van der Waals surface area contributed by atoms with Crippen molar-refractivity contribution in [1.82, 2.24) is 15.2 Å². The topological polar surface area (TPSA) is 57.4 Å². The summed E-state index contributed by atoms with van der Waals surface area (Å²) in [6.07, 6.45) is 3.98. The van der Waals surface area contributed by atoms with Gasteiger partial charge in [-0.15, -0.1) is 0 Å². The molecule has 2 unspecified atom stereocenters. The number of carbonyl (C=O) groups excluding carboxylic acids is 1. The first-order valence-electron chi connectivity index (χ1n) is 11.0. The van der Waals surface area contributed by atoms with Crippen LogP contribution in [0.2, 0.25) is 0 Å². The van der Waals surface area contributed by atoms with Gasteiger partial charge in [-0.05, 0) is 56.0 Å². The lowest BCUT2D eigenvalue weighted by Crippen LogP contribution is -2.53. The maximum absolute atomic E-state index is 12.5. The number of aromatic amines is 1. The normalized spacial score (nSPS) is 23.6. The molecule has 1 saturated heterocycles. The number of benzene rings is 2. The van der Waals surface area contributed by atoms with E-state index in [1.54, 1.807) is 12.1 Å². The van der Waals surface area contributed by atoms with Crippen LogP contribution in [0.1, 0.15) is 43.5 Å². The number of ether oxygens (including phenoxy) is 1. The van der Waals surface area contributed by atoms with Crippen molar-refractivity contribution in [3.63, 3.8) is 0 Å². The fraction of sp³-hybridized carbons (Fsp3) is 0.400. The van der Waals surface area contributed by atoms with Crippen molar-refractivity contribution in [3.8, 4) is 5.75 Å². The molecule has 2 atom stereocenters. The molecule has 2 N–H and O–H groups in total. The minimum absolute atomic E-state index is 0.00992. The number of para-hydroxylation sites is 2. The zero-order valence-corrected chi connectivity index (χ0v) is 17.5. The molecule has 0 bridgehead atoms. The first-order chi connectivity index (χ1) is 14.7. The van der Waals surface area contributed by atoms with Crippen molar-refractivity contribution in [3.05, 3.63) is 65.9 Å². The second-order valence-corrected chi connectivity index (χ2v) is 8.63. The number of rotatable bonds is 4. The van der Waals surface area contributed by atoms with Gasteiger partial charge in [-0.25, -0.2) is 4.79 Å². The van der Waals surface area contributed by atoms with E-state index in [4.69, 9.17) is 4.74 Å². The molecule has 0 radical (unpaired) electrons. The van der Waals surface area contributed by atoms with Crippen LogP contribution in [0.3, 0.4) is 0 Å². The van der Waals surface area contributed by atoms with E-state index < -0.39 is 0 Å². The van der Waals surface area contributed by atoms with Gasteiger partial charge in [0, 0.05) is 35.1 Å². The molecule has 3 heterocycles. The number of hydrogen-bond acceptors (Lipinski definition) is 3. The van der Waals surface area contributed by atoms with E-state index in [-0.39, 0.29) is 11.5 Å². The van der Waals surface area contributed by atoms with Gasteiger partial charge < -0.3 is 15.0 Å². The van der Waals surface area contributed by atoms with Crippen LogP contribution in [-0.2, 0) is 6.42 Å². The van der Waals surface area contributed by atoms with Crippen molar-refractivity contribution in [2.75, 3.05) is 19.6 Å². The minimum atomic E-state index is -0.376. The van der Waals surface area contributed by atoms with Crippen LogP contribution in [0.4, 0.5) is 4.79 Å². The van der Waals surface area contributed by atoms with Crippen LogP contribution in [-0.4, -0.2) is 35.6 Å². The van der Waals surface area contributed by atoms with Crippen LogP contribution in [0.25, 0.3) is 10.9 Å². The molecule has 0 spiro atoms. The van der Waals surface area contributed by atoms with Crippen molar-refractivity contribution in [2.45, 2.75) is 38.6 Å². The number of carbonyl (C=O) groups is 1. The lowest BCUT2D eigenvalue weighted by atomic mass is 9.68. The smallest absolute Gasteiger partial charge is 0.410 e. The van der Waals surface area contributed by atoms with Gasteiger partial charge in [-0.1, -0.05) is 43.3 Å².